The minimum Gasteiger partial charge on any atom is -0.480 e. The normalized spacial score (nSPS) is 13.3. The third kappa shape index (κ3) is 3.49. The molecule has 1 unspecified atom stereocenters. The van der Waals surface area contributed by atoms with Gasteiger partial charge in [0.05, 0.1) is 7.57 Å². The number of sulfonamides is 1. The Balaban J connectivity index is 2.35. The summed E-state index contributed by atoms with van der Waals surface area (Å²) in [4.78, 5) is 11.7. The van der Waals surface area contributed by atoms with E-state index in [9.17, 15) is 18.3 Å². The fourth-order valence-corrected chi connectivity index (χ4v) is 7.23. The van der Waals surface area contributed by atoms with Crippen LogP contribution >= 0.6 is 54.5 Å². The second-order valence-electron chi connectivity index (χ2n) is 3.60. The van der Waals surface area contributed by atoms with Crippen LogP contribution in [0.15, 0.2) is 36.0 Å². The van der Waals surface area contributed by atoms with Crippen molar-refractivity contribution in [3.8, 4) is 0 Å². The first kappa shape index (κ1) is 16.1. The summed E-state index contributed by atoms with van der Waals surface area (Å²) >= 11 is 8.72. The van der Waals surface area contributed by atoms with Gasteiger partial charge in [-0.15, -0.1) is 22.7 Å². The summed E-state index contributed by atoms with van der Waals surface area (Å²) < 4.78 is 27.8. The summed E-state index contributed by atoms with van der Waals surface area (Å²) in [7, 11) is -3.93. The Morgan fingerprint density at radius 2 is 2.10 bits per heavy atom. The van der Waals surface area contributed by atoms with Crippen LogP contribution < -0.4 is 4.72 Å². The molecular formula is C10H7Br2NO4S3. The number of carboxylic acids is 1. The van der Waals surface area contributed by atoms with Crippen molar-refractivity contribution < 1.29 is 18.3 Å². The lowest BCUT2D eigenvalue weighted by atomic mass is 10.3. The van der Waals surface area contributed by atoms with E-state index in [1.165, 1.54) is 28.7 Å². The van der Waals surface area contributed by atoms with E-state index in [0.717, 1.165) is 0 Å². The van der Waals surface area contributed by atoms with Crippen LogP contribution in [0.4, 0.5) is 0 Å². The Labute approximate surface area is 140 Å². The van der Waals surface area contributed by atoms with Gasteiger partial charge < -0.3 is 5.11 Å². The lowest BCUT2D eigenvalue weighted by Crippen LogP contribution is -2.33. The van der Waals surface area contributed by atoms with Crippen molar-refractivity contribution in [2.45, 2.75) is 10.9 Å². The summed E-state index contributed by atoms with van der Waals surface area (Å²) in [5.74, 6) is -1.25. The van der Waals surface area contributed by atoms with Gasteiger partial charge in [0.2, 0.25) is 10.0 Å². The Morgan fingerprint density at radius 3 is 2.55 bits per heavy atom. The molecule has 2 rings (SSSR count). The third-order valence-electron chi connectivity index (χ3n) is 2.26. The number of carboxylic acid groups (broad SMARTS) is 1. The van der Waals surface area contributed by atoms with Crippen molar-refractivity contribution in [1.82, 2.24) is 4.72 Å². The van der Waals surface area contributed by atoms with Crippen LogP contribution in [-0.4, -0.2) is 19.5 Å². The lowest BCUT2D eigenvalue weighted by Gasteiger charge is -2.12. The lowest BCUT2D eigenvalue weighted by molar-refractivity contribution is -0.139. The summed E-state index contributed by atoms with van der Waals surface area (Å²) in [6.45, 7) is 0. The zero-order valence-electron chi connectivity index (χ0n) is 9.54. The molecule has 0 aliphatic carbocycles. The van der Waals surface area contributed by atoms with Crippen LogP contribution in [0.5, 0.6) is 0 Å². The maximum absolute atomic E-state index is 12.3. The molecule has 0 aliphatic heterocycles. The quantitative estimate of drug-likeness (QED) is 0.715. The zero-order chi connectivity index (χ0) is 14.9. The molecule has 5 nitrogen and oxygen atoms in total. The van der Waals surface area contributed by atoms with Gasteiger partial charge in [-0.1, -0.05) is 6.07 Å². The molecule has 2 aromatic heterocycles. The first-order chi connectivity index (χ1) is 9.31. The first-order valence-corrected chi connectivity index (χ1v) is 9.81. The van der Waals surface area contributed by atoms with E-state index in [2.05, 4.69) is 36.6 Å². The molecular weight excluding hydrogens is 454 g/mol. The van der Waals surface area contributed by atoms with Crippen LogP contribution in [0.1, 0.15) is 10.9 Å². The Hall–Kier alpha value is -0.260. The van der Waals surface area contributed by atoms with Crippen molar-refractivity contribution in [1.29, 1.82) is 0 Å². The number of hydrogen-bond acceptors (Lipinski definition) is 5. The summed E-state index contributed by atoms with van der Waals surface area (Å²) in [5, 5.41) is 10.9. The largest absolute Gasteiger partial charge is 0.480 e. The molecule has 0 aromatic carbocycles. The molecule has 0 saturated heterocycles. The second kappa shape index (κ2) is 6.24. The van der Waals surface area contributed by atoms with Gasteiger partial charge in [-0.25, -0.2) is 8.42 Å². The molecule has 10 heteroatoms. The van der Waals surface area contributed by atoms with Gasteiger partial charge in [0.15, 0.2) is 6.04 Å². The molecule has 2 N–H and O–H groups in total. The fourth-order valence-electron chi connectivity index (χ4n) is 1.41. The van der Waals surface area contributed by atoms with E-state index < -0.39 is 22.0 Å². The molecule has 2 aromatic rings. The van der Waals surface area contributed by atoms with E-state index in [0.29, 0.717) is 12.4 Å². The molecule has 0 aliphatic rings. The SMILES string of the molecule is O=C(O)C(NS(=O)(=O)c1cc(Br)sc1Br)c1cccs1. The van der Waals surface area contributed by atoms with Gasteiger partial charge in [0.25, 0.3) is 0 Å². The summed E-state index contributed by atoms with van der Waals surface area (Å²) in [6, 6.07) is 3.36. The number of rotatable bonds is 5. The highest BCUT2D eigenvalue weighted by Gasteiger charge is 2.29. The molecule has 108 valence electrons. The highest BCUT2D eigenvalue weighted by atomic mass is 79.9. The highest BCUT2D eigenvalue weighted by molar-refractivity contribution is 9.12. The maximum Gasteiger partial charge on any atom is 0.327 e. The van der Waals surface area contributed by atoms with Crippen LogP contribution in [0.2, 0.25) is 0 Å². The van der Waals surface area contributed by atoms with Crippen LogP contribution in [0, 0.1) is 0 Å². The van der Waals surface area contributed by atoms with E-state index in [1.54, 1.807) is 17.5 Å². The molecule has 0 fully saturated rings. The monoisotopic (exact) mass is 459 g/mol. The number of hydrogen-bond donors (Lipinski definition) is 2. The van der Waals surface area contributed by atoms with Gasteiger partial charge in [-0.3, -0.25) is 4.79 Å². The minimum absolute atomic E-state index is 0.0113. The molecule has 1 atom stereocenters. The zero-order valence-corrected chi connectivity index (χ0v) is 15.2. The molecule has 20 heavy (non-hydrogen) atoms. The second-order valence-corrected chi connectivity index (χ2v) is 10.0. The van der Waals surface area contributed by atoms with Crippen LogP contribution in [-0.2, 0) is 14.8 Å². The van der Waals surface area contributed by atoms with Crippen molar-refractivity contribution in [2.24, 2.45) is 0 Å². The standard InChI is InChI=1S/C10H7Br2NO4S3/c11-7-4-6(9(12)19-7)20(16,17)13-8(10(14)15)5-2-1-3-18-5/h1-4,8,13H,(H,14,15). The molecule has 0 radical (unpaired) electrons. The Morgan fingerprint density at radius 1 is 1.40 bits per heavy atom. The predicted molar refractivity (Wildman–Crippen MR) is 84.7 cm³/mol. The first-order valence-electron chi connectivity index (χ1n) is 5.04. The Bertz CT molecular complexity index is 724. The average molecular weight is 461 g/mol. The molecule has 0 spiro atoms. The maximum atomic E-state index is 12.3. The summed E-state index contributed by atoms with van der Waals surface area (Å²) in [5.41, 5.74) is 0. The van der Waals surface area contributed by atoms with E-state index in [1.807, 2.05) is 0 Å². The van der Waals surface area contributed by atoms with Crippen LogP contribution in [0.25, 0.3) is 0 Å². The van der Waals surface area contributed by atoms with Crippen molar-refractivity contribution >= 4 is 70.5 Å². The number of carbonyl (C=O) groups is 1. The van der Waals surface area contributed by atoms with Gasteiger partial charge in [-0.05, 0) is 49.4 Å². The molecule has 0 bridgehead atoms. The number of halogens is 2. The highest BCUT2D eigenvalue weighted by Crippen LogP contribution is 2.35. The van der Waals surface area contributed by atoms with Crippen molar-refractivity contribution in [3.05, 3.63) is 36.0 Å². The topological polar surface area (TPSA) is 83.5 Å². The van der Waals surface area contributed by atoms with Crippen molar-refractivity contribution in [3.63, 3.8) is 0 Å². The average Bonchev–Trinajstić information content (AvgIpc) is 2.95. The number of thiophene rings is 2. The predicted octanol–water partition coefficient (Wildman–Crippen LogP) is 3.44. The van der Waals surface area contributed by atoms with Gasteiger partial charge >= 0.3 is 5.97 Å². The number of nitrogens with one attached hydrogen (secondary N) is 1. The summed E-state index contributed by atoms with van der Waals surface area (Å²) in [6.07, 6.45) is 0. The van der Waals surface area contributed by atoms with Gasteiger partial charge in [0, 0.05) is 4.88 Å². The van der Waals surface area contributed by atoms with E-state index in [-0.39, 0.29) is 4.90 Å². The van der Waals surface area contributed by atoms with Gasteiger partial charge in [-0.2, -0.15) is 4.72 Å². The molecule has 2 heterocycles. The minimum atomic E-state index is -3.93. The van der Waals surface area contributed by atoms with Crippen molar-refractivity contribution in [2.75, 3.05) is 0 Å². The number of aliphatic carboxylic acids is 1. The molecule has 0 saturated carbocycles. The third-order valence-corrected chi connectivity index (χ3v) is 7.38. The smallest absolute Gasteiger partial charge is 0.327 e. The van der Waals surface area contributed by atoms with E-state index in [4.69, 9.17) is 0 Å². The molecule has 0 amide bonds. The Kier molecular flexibility index (Phi) is 5.03. The fraction of sp³-hybridized carbons (Fsp3) is 0.100. The van der Waals surface area contributed by atoms with Crippen LogP contribution in [0.3, 0.4) is 0 Å². The van der Waals surface area contributed by atoms with Gasteiger partial charge in [0.1, 0.15) is 4.90 Å². The van der Waals surface area contributed by atoms with E-state index >= 15 is 0 Å².